The molecular formula is C19H33N5O7S. The van der Waals surface area contributed by atoms with Crippen molar-refractivity contribution in [1.29, 1.82) is 0 Å². The Balaban J connectivity index is 2.85. The number of thiol groups is 1. The van der Waals surface area contributed by atoms with Crippen LogP contribution in [0.2, 0.25) is 0 Å². The molecule has 1 fully saturated rings. The first kappa shape index (κ1) is 27.7. The van der Waals surface area contributed by atoms with Crippen molar-refractivity contribution in [1.82, 2.24) is 15.5 Å². The Morgan fingerprint density at radius 3 is 2.31 bits per heavy atom. The molecule has 0 aliphatic carbocycles. The fraction of sp³-hybridized carbons (Fsp3) is 0.737. The van der Waals surface area contributed by atoms with Crippen LogP contribution in [0.1, 0.15) is 44.9 Å². The molecule has 1 aliphatic rings. The van der Waals surface area contributed by atoms with Gasteiger partial charge in [-0.3, -0.25) is 19.2 Å². The standard InChI is InChI=1S/C19H33N5O7S/c20-8-2-1-4-11(21)18(29)24-9-3-5-14(24)17(28)22-12(6-7-15(25)26)16(27)23-13(10-32)19(30)31/h11-14,32H,1-10,20-21H2,(H,22,28)(H,23,27)(H,25,26)(H,30,31). The molecule has 13 heteroatoms. The molecule has 1 heterocycles. The van der Waals surface area contributed by atoms with E-state index < -0.39 is 54.3 Å². The number of unbranched alkanes of at least 4 members (excludes halogenated alkanes) is 1. The van der Waals surface area contributed by atoms with Gasteiger partial charge in [-0.05, 0) is 38.6 Å². The fourth-order valence-corrected chi connectivity index (χ4v) is 3.66. The first-order chi connectivity index (χ1) is 15.1. The Morgan fingerprint density at radius 2 is 1.75 bits per heavy atom. The number of aliphatic carboxylic acids is 2. The van der Waals surface area contributed by atoms with Gasteiger partial charge in [0, 0.05) is 18.7 Å². The van der Waals surface area contributed by atoms with Crippen molar-refractivity contribution in [3.05, 3.63) is 0 Å². The molecule has 0 saturated carbocycles. The molecule has 1 saturated heterocycles. The molecule has 8 N–H and O–H groups in total. The lowest BCUT2D eigenvalue weighted by Gasteiger charge is -2.28. The van der Waals surface area contributed by atoms with Crippen LogP contribution in [0.15, 0.2) is 0 Å². The second-order valence-corrected chi connectivity index (χ2v) is 8.02. The zero-order chi connectivity index (χ0) is 24.3. The number of carbonyl (C=O) groups is 5. The summed E-state index contributed by atoms with van der Waals surface area (Å²) >= 11 is 3.87. The first-order valence-corrected chi connectivity index (χ1v) is 11.2. The summed E-state index contributed by atoms with van der Waals surface area (Å²) in [5, 5.41) is 22.7. The molecule has 12 nitrogen and oxygen atoms in total. The lowest BCUT2D eigenvalue weighted by molar-refractivity contribution is -0.143. The van der Waals surface area contributed by atoms with Crippen LogP contribution < -0.4 is 22.1 Å². The van der Waals surface area contributed by atoms with Gasteiger partial charge in [0.25, 0.3) is 0 Å². The van der Waals surface area contributed by atoms with Gasteiger partial charge in [-0.1, -0.05) is 6.42 Å². The smallest absolute Gasteiger partial charge is 0.327 e. The second kappa shape index (κ2) is 13.9. The van der Waals surface area contributed by atoms with Crippen molar-refractivity contribution in [2.75, 3.05) is 18.8 Å². The van der Waals surface area contributed by atoms with Gasteiger partial charge in [0.2, 0.25) is 17.7 Å². The number of carboxylic acids is 2. The molecular weight excluding hydrogens is 442 g/mol. The van der Waals surface area contributed by atoms with Crippen LogP contribution in [0, 0.1) is 0 Å². The SMILES string of the molecule is NCCCCC(N)C(=O)N1CCCC1C(=O)NC(CCC(=O)O)C(=O)NC(CS)C(=O)O. The molecule has 0 aromatic rings. The summed E-state index contributed by atoms with van der Waals surface area (Å²) in [5.74, 6) is -4.50. The van der Waals surface area contributed by atoms with Crippen LogP contribution in [-0.4, -0.2) is 87.8 Å². The molecule has 32 heavy (non-hydrogen) atoms. The number of rotatable bonds is 14. The molecule has 0 bridgehead atoms. The number of amides is 3. The maximum absolute atomic E-state index is 12.9. The van der Waals surface area contributed by atoms with Crippen molar-refractivity contribution in [2.24, 2.45) is 11.5 Å². The summed E-state index contributed by atoms with van der Waals surface area (Å²) in [6.07, 6.45) is 2.13. The highest BCUT2D eigenvalue weighted by atomic mass is 32.1. The molecule has 3 amide bonds. The summed E-state index contributed by atoms with van der Waals surface area (Å²) in [6, 6.07) is -4.20. The lowest BCUT2D eigenvalue weighted by Crippen LogP contribution is -2.56. The first-order valence-electron chi connectivity index (χ1n) is 10.5. The van der Waals surface area contributed by atoms with E-state index in [0.717, 1.165) is 6.42 Å². The minimum atomic E-state index is -1.31. The normalized spacial score (nSPS) is 18.5. The highest BCUT2D eigenvalue weighted by molar-refractivity contribution is 7.80. The van der Waals surface area contributed by atoms with Crippen LogP contribution in [0.3, 0.4) is 0 Å². The van der Waals surface area contributed by atoms with E-state index in [-0.39, 0.29) is 18.1 Å². The lowest BCUT2D eigenvalue weighted by atomic mass is 10.1. The van der Waals surface area contributed by atoms with Gasteiger partial charge in [-0.2, -0.15) is 12.6 Å². The third kappa shape index (κ3) is 8.63. The van der Waals surface area contributed by atoms with Crippen molar-refractivity contribution >= 4 is 42.3 Å². The van der Waals surface area contributed by atoms with Crippen LogP contribution in [0.4, 0.5) is 0 Å². The van der Waals surface area contributed by atoms with Crippen molar-refractivity contribution in [2.45, 2.75) is 69.1 Å². The number of carboxylic acid groups (broad SMARTS) is 2. The van der Waals surface area contributed by atoms with E-state index in [1.807, 2.05) is 0 Å². The van der Waals surface area contributed by atoms with Crippen molar-refractivity contribution in [3.8, 4) is 0 Å². The number of nitrogens with zero attached hydrogens (tertiary/aromatic N) is 1. The van der Waals surface area contributed by atoms with Crippen molar-refractivity contribution < 1.29 is 34.2 Å². The van der Waals surface area contributed by atoms with E-state index in [1.54, 1.807) is 0 Å². The highest BCUT2D eigenvalue weighted by Crippen LogP contribution is 2.20. The predicted molar refractivity (Wildman–Crippen MR) is 118 cm³/mol. The average molecular weight is 476 g/mol. The average Bonchev–Trinajstić information content (AvgIpc) is 3.23. The fourth-order valence-electron chi connectivity index (χ4n) is 3.41. The molecule has 0 spiro atoms. The van der Waals surface area contributed by atoms with Gasteiger partial charge in [-0.25, -0.2) is 4.79 Å². The van der Waals surface area contributed by atoms with Gasteiger partial charge in [0.05, 0.1) is 6.04 Å². The van der Waals surface area contributed by atoms with E-state index >= 15 is 0 Å². The Labute approximate surface area is 191 Å². The summed E-state index contributed by atoms with van der Waals surface area (Å²) in [4.78, 5) is 61.6. The van der Waals surface area contributed by atoms with E-state index in [2.05, 4.69) is 23.3 Å². The van der Waals surface area contributed by atoms with Gasteiger partial charge in [0.15, 0.2) is 0 Å². The van der Waals surface area contributed by atoms with Crippen LogP contribution >= 0.6 is 12.6 Å². The molecule has 0 radical (unpaired) electrons. The van der Waals surface area contributed by atoms with Gasteiger partial charge >= 0.3 is 11.9 Å². The van der Waals surface area contributed by atoms with E-state index in [0.29, 0.717) is 38.8 Å². The van der Waals surface area contributed by atoms with Crippen molar-refractivity contribution in [3.63, 3.8) is 0 Å². The summed E-state index contributed by atoms with van der Waals surface area (Å²) in [7, 11) is 0. The van der Waals surface area contributed by atoms with Crippen LogP contribution in [-0.2, 0) is 24.0 Å². The minimum absolute atomic E-state index is 0.187. The molecule has 1 rings (SSSR count). The molecule has 1 aliphatic heterocycles. The zero-order valence-corrected chi connectivity index (χ0v) is 18.8. The number of hydrogen-bond donors (Lipinski definition) is 7. The minimum Gasteiger partial charge on any atom is -0.481 e. The quantitative estimate of drug-likeness (QED) is 0.113. The van der Waals surface area contributed by atoms with E-state index in [1.165, 1.54) is 4.90 Å². The molecule has 0 aromatic heterocycles. The number of nitrogens with two attached hydrogens (primary N) is 2. The maximum atomic E-state index is 12.9. The molecule has 182 valence electrons. The summed E-state index contributed by atoms with van der Waals surface area (Å²) in [6.45, 7) is 0.833. The van der Waals surface area contributed by atoms with Gasteiger partial charge in [-0.15, -0.1) is 0 Å². The van der Waals surface area contributed by atoms with Gasteiger partial charge < -0.3 is 37.2 Å². The Morgan fingerprint density at radius 1 is 1.06 bits per heavy atom. The van der Waals surface area contributed by atoms with E-state index in [9.17, 15) is 24.0 Å². The monoisotopic (exact) mass is 475 g/mol. The second-order valence-electron chi connectivity index (χ2n) is 7.66. The van der Waals surface area contributed by atoms with Crippen LogP contribution in [0.5, 0.6) is 0 Å². The maximum Gasteiger partial charge on any atom is 0.327 e. The van der Waals surface area contributed by atoms with Gasteiger partial charge in [0.1, 0.15) is 18.1 Å². The van der Waals surface area contributed by atoms with E-state index in [4.69, 9.17) is 21.7 Å². The Bertz CT molecular complexity index is 693. The predicted octanol–water partition coefficient (Wildman–Crippen LogP) is -1.72. The zero-order valence-electron chi connectivity index (χ0n) is 17.9. The third-order valence-corrected chi connectivity index (χ3v) is 5.57. The molecule has 0 aromatic carbocycles. The molecule has 4 atom stereocenters. The summed E-state index contributed by atoms with van der Waals surface area (Å²) in [5.41, 5.74) is 11.4. The largest absolute Gasteiger partial charge is 0.481 e. The number of nitrogens with one attached hydrogen (secondary N) is 2. The number of likely N-dealkylation sites (tertiary alicyclic amines) is 1. The third-order valence-electron chi connectivity index (χ3n) is 5.20. The molecule has 4 unspecified atom stereocenters. The number of hydrogen-bond acceptors (Lipinski definition) is 8. The highest BCUT2D eigenvalue weighted by Gasteiger charge is 2.37. The van der Waals surface area contributed by atoms with Crippen LogP contribution in [0.25, 0.3) is 0 Å². The topological polar surface area (TPSA) is 205 Å². The Hall–Kier alpha value is -2.38. The summed E-state index contributed by atoms with van der Waals surface area (Å²) < 4.78 is 0. The number of carbonyl (C=O) groups excluding carboxylic acids is 3. The Kier molecular flexibility index (Phi) is 12.0.